The molecular formula is C48H70F2N5O12PS2. The molecule has 1 aromatic carbocycles. The van der Waals surface area contributed by atoms with Gasteiger partial charge in [0.1, 0.15) is 0 Å². The number of carboxylic acid groups (broad SMARTS) is 1. The van der Waals surface area contributed by atoms with Crippen LogP contribution in [0.25, 0.3) is 10.1 Å². The van der Waals surface area contributed by atoms with Crippen LogP contribution in [0.2, 0.25) is 0 Å². The van der Waals surface area contributed by atoms with Crippen molar-refractivity contribution < 1.29 is 60.9 Å². The van der Waals surface area contributed by atoms with Gasteiger partial charge in [0.15, 0.2) is 18.2 Å². The van der Waals surface area contributed by atoms with Crippen LogP contribution in [0.4, 0.5) is 8.78 Å². The number of aldehydes is 1. The SMILES string of the molecule is CC.CC(C)CC(=O)SCCOP(=O)(OCOC1CCOCC1)C(F)(F)c1ccc2sc(C=O)cc2c1.CN.N#CC1CN(C=O)CC1c1cc[nH]c(=O)c1.O=C1CCCCC[C@H]2CCCN12.O=CO. The Labute approximate surface area is 417 Å². The number of carbonyl (C=O) groups excluding carboxylic acids is 4. The van der Waals surface area contributed by atoms with Crippen molar-refractivity contribution in [1.82, 2.24) is 14.8 Å². The van der Waals surface area contributed by atoms with Crippen LogP contribution in [0, 0.1) is 23.2 Å². The number of nitrogens with two attached hydrogens (primary N) is 1. The number of aromatic amines is 1. The number of H-pyrrole nitrogens is 1. The highest BCUT2D eigenvalue weighted by atomic mass is 32.2. The Morgan fingerprint density at radius 1 is 1.04 bits per heavy atom. The third kappa shape index (κ3) is 19.7. The zero-order valence-electron chi connectivity index (χ0n) is 40.8. The summed E-state index contributed by atoms with van der Waals surface area (Å²) in [6, 6.07) is 11.3. The molecule has 0 bridgehead atoms. The molecule has 4 N–H and O–H groups in total. The maximum absolute atomic E-state index is 15.6. The number of alkyl halides is 2. The number of pyridine rings is 1. The minimum absolute atomic E-state index is 0.0576. The number of ether oxygens (including phenoxy) is 2. The van der Waals surface area contributed by atoms with Crippen molar-refractivity contribution in [2.24, 2.45) is 17.6 Å². The van der Waals surface area contributed by atoms with E-state index in [1.54, 1.807) is 17.2 Å². The Balaban J connectivity index is 0.000000392. The zero-order chi connectivity index (χ0) is 52.1. The summed E-state index contributed by atoms with van der Waals surface area (Å²) < 4.78 is 66.4. The van der Waals surface area contributed by atoms with Gasteiger partial charge in [0.25, 0.3) is 6.47 Å². The van der Waals surface area contributed by atoms with Gasteiger partial charge in [-0.2, -0.15) is 14.0 Å². The molecule has 3 unspecified atom stereocenters. The highest BCUT2D eigenvalue weighted by molar-refractivity contribution is 8.13. The van der Waals surface area contributed by atoms with Crippen molar-refractivity contribution in [3.05, 3.63) is 69.0 Å². The predicted octanol–water partition coefficient (Wildman–Crippen LogP) is 8.76. The number of aromatic nitrogens is 1. The summed E-state index contributed by atoms with van der Waals surface area (Å²) in [5, 5.41) is 16.2. The van der Waals surface area contributed by atoms with Gasteiger partial charge in [-0.15, -0.1) is 11.3 Å². The molecule has 0 saturated carbocycles. The average Bonchev–Trinajstić information content (AvgIpc) is 4.12. The van der Waals surface area contributed by atoms with Crippen molar-refractivity contribution in [3.8, 4) is 6.07 Å². The number of carbonyl (C=O) groups is 5. The first-order valence-corrected chi connectivity index (χ1v) is 26.9. The van der Waals surface area contributed by atoms with Gasteiger partial charge in [0.2, 0.25) is 17.9 Å². The molecule has 4 aliphatic rings. The number of hydrogen-bond acceptors (Lipinski definition) is 15. The largest absolute Gasteiger partial charge is 0.483 e. The number of hydrogen-bond donors (Lipinski definition) is 3. The molecule has 4 aliphatic heterocycles. The lowest BCUT2D eigenvalue weighted by atomic mass is 9.91. The second kappa shape index (κ2) is 33.3. The van der Waals surface area contributed by atoms with Gasteiger partial charge in [-0.1, -0.05) is 58.4 Å². The van der Waals surface area contributed by atoms with Crippen LogP contribution in [0.1, 0.15) is 119 Å². The van der Waals surface area contributed by atoms with E-state index < -0.39 is 25.6 Å². The van der Waals surface area contributed by atoms with E-state index in [-0.39, 0.29) is 53.4 Å². The minimum atomic E-state index is -5.06. The summed E-state index contributed by atoms with van der Waals surface area (Å²) in [4.78, 5) is 71.3. The molecule has 7 rings (SSSR count). The molecule has 2 aromatic heterocycles. The zero-order valence-corrected chi connectivity index (χ0v) is 43.3. The first-order valence-electron chi connectivity index (χ1n) is 23.5. The van der Waals surface area contributed by atoms with Crippen LogP contribution in [-0.2, 0) is 47.9 Å². The summed E-state index contributed by atoms with van der Waals surface area (Å²) in [7, 11) is -3.56. The van der Waals surface area contributed by atoms with Crippen molar-refractivity contribution in [3.63, 3.8) is 0 Å². The standard InChI is InChI=1S/C23H29F2O7PS2.C11H11N3O2.C10H17NO.C2H6.CH5N.CH2O2/c1-16(2)11-22(27)34-10-9-31-33(28,32-15-30-19-5-7-29-8-6-19)23(24,25)18-3-4-21-17(12-18)13-20(14-26)35-21;12-4-9-5-14(7-15)6-10(9)8-1-2-13-11(16)3-8;12-10-7-3-1-2-5-9-6-4-8-11(9)10;2*1-2;2-1-3/h3-4,12-14,16,19H,5-11,15H2,1-2H3;1-3,7,9-10H,5-6H2,(H,13,16);9H,1-8H2;1-2H3;2H2,1H3;1H,(H,2,3)/t;;9-;;;/m..0.../s1. The number of halogens is 2. The number of nitriles is 1. The van der Waals surface area contributed by atoms with Crippen LogP contribution >= 0.6 is 30.7 Å². The third-order valence-corrected chi connectivity index (χ3v) is 15.1. The van der Waals surface area contributed by atoms with Gasteiger partial charge in [0, 0.05) is 85.9 Å². The maximum Gasteiger partial charge on any atom is 0.406 e. The minimum Gasteiger partial charge on any atom is -0.483 e. The Bertz CT molecular complexity index is 2200. The average molecular weight is 1040 g/mol. The van der Waals surface area contributed by atoms with Crippen LogP contribution in [0.5, 0.6) is 0 Å². The predicted molar refractivity (Wildman–Crippen MR) is 267 cm³/mol. The molecule has 4 atom stereocenters. The van der Waals surface area contributed by atoms with Gasteiger partial charge < -0.3 is 39.6 Å². The molecule has 17 nitrogen and oxygen atoms in total. The van der Waals surface area contributed by atoms with E-state index in [4.69, 9.17) is 33.7 Å². The third-order valence-electron chi connectivity index (χ3n) is 11.2. The number of nitrogens with one attached hydrogen (secondary N) is 1. The lowest BCUT2D eigenvalue weighted by Gasteiger charge is -2.28. The number of likely N-dealkylation sites (tertiary alicyclic amines) is 1. The number of fused-ring (bicyclic) bond motifs is 2. The summed E-state index contributed by atoms with van der Waals surface area (Å²) in [6.07, 6.45) is 12.5. The molecule has 0 aliphatic carbocycles. The van der Waals surface area contributed by atoms with Crippen LogP contribution < -0.4 is 11.3 Å². The Hall–Kier alpha value is -4.39. The second-order valence-electron chi connectivity index (χ2n) is 16.4. The van der Waals surface area contributed by atoms with Gasteiger partial charge in [-0.3, -0.25) is 37.9 Å². The number of nitrogens with zero attached hydrogens (tertiary/aromatic N) is 3. The summed E-state index contributed by atoms with van der Waals surface area (Å²) >= 11 is 2.11. The fraction of sp³-hybridized carbons (Fsp3) is 0.604. The van der Waals surface area contributed by atoms with Crippen LogP contribution in [0.15, 0.2) is 47.4 Å². The van der Waals surface area contributed by atoms with E-state index in [1.165, 1.54) is 74.8 Å². The van der Waals surface area contributed by atoms with E-state index in [0.717, 1.165) is 49.2 Å². The smallest absolute Gasteiger partial charge is 0.406 e. The van der Waals surface area contributed by atoms with E-state index >= 15 is 8.78 Å². The van der Waals surface area contributed by atoms with Gasteiger partial charge >= 0.3 is 13.3 Å². The molecule has 4 fully saturated rings. The normalized spacial score (nSPS) is 19.7. The molecule has 3 aromatic rings. The monoisotopic (exact) mass is 1040 g/mol. The fourth-order valence-electron chi connectivity index (χ4n) is 7.93. The number of rotatable bonds is 15. The summed E-state index contributed by atoms with van der Waals surface area (Å²) in [5.74, 6) is 0.354. The van der Waals surface area contributed by atoms with Gasteiger partial charge in [-0.05, 0) is 86.7 Å². The van der Waals surface area contributed by atoms with Crippen molar-refractivity contribution in [1.29, 1.82) is 5.26 Å². The number of thiophene rings is 1. The lowest BCUT2D eigenvalue weighted by Crippen LogP contribution is -2.36. The number of amides is 2. The molecule has 4 saturated heterocycles. The van der Waals surface area contributed by atoms with Gasteiger partial charge in [0.05, 0.1) is 29.6 Å². The summed E-state index contributed by atoms with van der Waals surface area (Å²) in [6.45, 7) is 9.50. The molecule has 390 valence electrons. The lowest BCUT2D eigenvalue weighted by molar-refractivity contribution is -0.132. The first kappa shape index (κ1) is 61.7. The second-order valence-corrected chi connectivity index (χ2v) is 20.8. The van der Waals surface area contributed by atoms with Crippen molar-refractivity contribution >= 4 is 71.0 Å². The highest BCUT2D eigenvalue weighted by Crippen LogP contribution is 2.67. The molecule has 2 amide bonds. The van der Waals surface area contributed by atoms with Crippen LogP contribution in [0.3, 0.4) is 0 Å². The molecular weight excluding hydrogens is 972 g/mol. The molecule has 6 heterocycles. The van der Waals surface area contributed by atoms with Crippen molar-refractivity contribution in [2.75, 3.05) is 59.0 Å². The van der Waals surface area contributed by atoms with Gasteiger partial charge in [-0.25, -0.2) is 0 Å². The number of thioether (sulfide) groups is 1. The molecule has 22 heteroatoms. The van der Waals surface area contributed by atoms with E-state index in [1.807, 2.05) is 27.7 Å². The van der Waals surface area contributed by atoms with Crippen LogP contribution in [-0.4, -0.2) is 121 Å². The topological polar surface area (TPSA) is 249 Å². The quantitative estimate of drug-likeness (QED) is 0.0557. The van der Waals surface area contributed by atoms with E-state index in [2.05, 4.69) is 21.7 Å². The Kier molecular flexibility index (Phi) is 29.4. The Morgan fingerprint density at radius 2 is 1.74 bits per heavy atom. The van der Waals surface area contributed by atoms with E-state index in [0.29, 0.717) is 78.8 Å². The maximum atomic E-state index is 15.6. The molecule has 0 spiro atoms. The molecule has 0 radical (unpaired) electrons. The van der Waals surface area contributed by atoms with Crippen molar-refractivity contribution in [2.45, 2.75) is 116 Å². The first-order chi connectivity index (χ1) is 33.7. The summed E-state index contributed by atoms with van der Waals surface area (Å²) in [5.41, 5.74) is 0.590. The fourth-order valence-corrected chi connectivity index (χ4v) is 11.1. The molecule has 70 heavy (non-hydrogen) atoms. The highest BCUT2D eigenvalue weighted by Gasteiger charge is 2.55. The van der Waals surface area contributed by atoms with E-state index in [9.17, 15) is 28.5 Å². The number of benzene rings is 1. The Morgan fingerprint density at radius 3 is 2.39 bits per heavy atom.